The van der Waals surface area contributed by atoms with E-state index in [1.807, 2.05) is 35.0 Å². The van der Waals surface area contributed by atoms with Gasteiger partial charge >= 0.3 is 0 Å². The molecular weight excluding hydrogens is 460 g/mol. The van der Waals surface area contributed by atoms with E-state index < -0.39 is 0 Å². The van der Waals surface area contributed by atoms with Gasteiger partial charge in [0.05, 0.1) is 11.8 Å². The first-order chi connectivity index (χ1) is 17.4. The van der Waals surface area contributed by atoms with Gasteiger partial charge in [0.1, 0.15) is 5.76 Å². The Hall–Kier alpha value is -4.14. The van der Waals surface area contributed by atoms with Gasteiger partial charge in [0.25, 0.3) is 11.8 Å². The van der Waals surface area contributed by atoms with E-state index >= 15 is 0 Å². The summed E-state index contributed by atoms with van der Waals surface area (Å²) in [6.45, 7) is 2.96. The highest BCUT2D eigenvalue weighted by molar-refractivity contribution is 5.97. The van der Waals surface area contributed by atoms with Gasteiger partial charge in [-0.15, -0.1) is 0 Å². The van der Waals surface area contributed by atoms with Gasteiger partial charge in [0.2, 0.25) is 11.0 Å². The van der Waals surface area contributed by atoms with Crippen LogP contribution in [0.4, 0.5) is 0 Å². The molecule has 0 saturated carbocycles. The average Bonchev–Trinajstić information content (AvgIpc) is 3.51. The number of aromatic nitrogens is 2. The van der Waals surface area contributed by atoms with Crippen LogP contribution in [-0.2, 0) is 6.42 Å². The Balaban J connectivity index is 1.31. The molecule has 2 aromatic heterocycles. The molecule has 9 heteroatoms. The van der Waals surface area contributed by atoms with Crippen LogP contribution >= 0.6 is 0 Å². The molecule has 0 N–H and O–H groups in total. The van der Waals surface area contributed by atoms with Crippen LogP contribution in [0.2, 0.25) is 0 Å². The van der Waals surface area contributed by atoms with Crippen LogP contribution in [-0.4, -0.2) is 52.9 Å². The van der Waals surface area contributed by atoms with Gasteiger partial charge in [-0.25, -0.2) is 0 Å². The molecule has 0 aliphatic carbocycles. The molecular formula is C27H28N4O5. The summed E-state index contributed by atoms with van der Waals surface area (Å²) in [4.78, 5) is 30.5. The van der Waals surface area contributed by atoms with Crippen molar-refractivity contribution in [3.8, 4) is 0 Å². The third kappa shape index (κ3) is 4.56. The summed E-state index contributed by atoms with van der Waals surface area (Å²) < 4.78 is 9.98. The predicted molar refractivity (Wildman–Crippen MR) is 131 cm³/mol. The van der Waals surface area contributed by atoms with E-state index in [-0.39, 0.29) is 29.3 Å². The maximum atomic E-state index is 13.3. The molecule has 2 aromatic carbocycles. The van der Waals surface area contributed by atoms with E-state index in [4.69, 9.17) is 4.42 Å². The number of rotatable bonds is 6. The summed E-state index contributed by atoms with van der Waals surface area (Å²) in [5.74, 6) is 0.677. The second-order valence-corrected chi connectivity index (χ2v) is 9.33. The van der Waals surface area contributed by atoms with Crippen LogP contribution < -0.4 is 4.90 Å². The summed E-state index contributed by atoms with van der Waals surface area (Å²) in [5.41, 5.74) is 2.85. The normalized spacial score (nSPS) is 15.2. The highest BCUT2D eigenvalue weighted by Gasteiger charge is 2.34. The van der Waals surface area contributed by atoms with Gasteiger partial charge in [0, 0.05) is 43.0 Å². The molecule has 186 valence electrons. The van der Waals surface area contributed by atoms with Gasteiger partial charge in [-0.05, 0) is 60.8 Å². The van der Waals surface area contributed by atoms with Crippen LogP contribution in [0.25, 0.3) is 11.0 Å². The standard InChI is InChI=1S/C27H28N4O5/c1-18-22(12-15-35-18)27(33)29(2)25(16-19-6-4-3-5-7-19)20-10-13-30(14-11-20)26(32)21-8-9-24-23(17-21)28-36-31(24)34/h3-9,12,15,17,20,25H,10-11,13-14,16H2,1-2H3. The minimum atomic E-state index is -0.103. The van der Waals surface area contributed by atoms with Gasteiger partial charge < -0.3 is 19.4 Å². The van der Waals surface area contributed by atoms with Crippen molar-refractivity contribution >= 4 is 22.8 Å². The number of hydrogen-bond acceptors (Lipinski definition) is 6. The van der Waals surface area contributed by atoms with Crippen molar-refractivity contribution in [2.45, 2.75) is 32.2 Å². The van der Waals surface area contributed by atoms with Gasteiger partial charge in [-0.3, -0.25) is 14.2 Å². The van der Waals surface area contributed by atoms with E-state index in [2.05, 4.69) is 21.9 Å². The molecule has 2 amide bonds. The number of likely N-dealkylation sites (tertiary alicyclic amines) is 1. The molecule has 0 spiro atoms. The maximum absolute atomic E-state index is 13.3. The summed E-state index contributed by atoms with van der Waals surface area (Å²) in [6.07, 6.45) is 3.83. The fourth-order valence-corrected chi connectivity index (χ4v) is 5.10. The zero-order chi connectivity index (χ0) is 25.2. The lowest BCUT2D eigenvalue weighted by atomic mass is 9.84. The Morgan fingerprint density at radius 3 is 2.61 bits per heavy atom. The van der Waals surface area contributed by atoms with E-state index in [1.54, 1.807) is 37.5 Å². The second kappa shape index (κ2) is 9.85. The molecule has 9 nitrogen and oxygen atoms in total. The van der Waals surface area contributed by atoms with Crippen molar-refractivity contribution in [3.05, 3.63) is 88.5 Å². The van der Waals surface area contributed by atoms with E-state index in [0.717, 1.165) is 19.3 Å². The van der Waals surface area contributed by atoms with Crippen LogP contribution in [0.5, 0.6) is 0 Å². The quantitative estimate of drug-likeness (QED) is 0.384. The number of hydrogen-bond donors (Lipinski definition) is 0. The smallest absolute Gasteiger partial charge is 0.257 e. The fraction of sp³-hybridized carbons (Fsp3) is 0.333. The number of piperidine rings is 1. The number of carbonyl (C=O) groups excluding carboxylic acids is 2. The van der Waals surface area contributed by atoms with Crippen molar-refractivity contribution in [3.63, 3.8) is 0 Å². The number of furan rings is 1. The SMILES string of the molecule is Cc1occc1C(=O)N(C)C(Cc1ccccc1)C1CCN(C(=O)c2ccc3c(c2)no[n+]3[O-])CC1. The summed E-state index contributed by atoms with van der Waals surface area (Å²) in [5, 5.41) is 15.3. The summed E-state index contributed by atoms with van der Waals surface area (Å²) >= 11 is 0. The number of fused-ring (bicyclic) bond motifs is 1. The third-order valence-electron chi connectivity index (χ3n) is 7.20. The lowest BCUT2D eigenvalue weighted by Crippen LogP contribution is -2.48. The Labute approximate surface area is 208 Å². The van der Waals surface area contributed by atoms with E-state index in [0.29, 0.717) is 40.4 Å². The van der Waals surface area contributed by atoms with Gasteiger partial charge in [-0.1, -0.05) is 30.3 Å². The monoisotopic (exact) mass is 488 g/mol. The third-order valence-corrected chi connectivity index (χ3v) is 7.20. The Morgan fingerprint density at radius 1 is 1.17 bits per heavy atom. The molecule has 4 aromatic rings. The van der Waals surface area contributed by atoms with Gasteiger partial charge in [0.15, 0.2) is 0 Å². The zero-order valence-electron chi connectivity index (χ0n) is 20.3. The van der Waals surface area contributed by atoms with E-state index in [9.17, 15) is 14.8 Å². The van der Waals surface area contributed by atoms with Crippen LogP contribution in [0.3, 0.4) is 0 Å². The largest absolute Gasteiger partial charge is 0.469 e. The van der Waals surface area contributed by atoms with E-state index in [1.165, 1.54) is 5.56 Å². The molecule has 1 fully saturated rings. The number of amides is 2. The van der Waals surface area contributed by atoms with Crippen LogP contribution in [0.15, 0.2) is 69.9 Å². The first kappa shape index (κ1) is 23.6. The molecule has 0 bridgehead atoms. The predicted octanol–water partition coefficient (Wildman–Crippen LogP) is 3.60. The van der Waals surface area contributed by atoms with Crippen molar-refractivity contribution in [1.29, 1.82) is 0 Å². The molecule has 0 radical (unpaired) electrons. The first-order valence-electron chi connectivity index (χ1n) is 12.1. The van der Waals surface area contributed by atoms with Crippen LogP contribution in [0, 0.1) is 18.0 Å². The van der Waals surface area contributed by atoms with Crippen molar-refractivity contribution in [1.82, 2.24) is 15.0 Å². The molecule has 1 aliphatic heterocycles. The highest BCUT2D eigenvalue weighted by atomic mass is 16.8. The summed E-state index contributed by atoms with van der Waals surface area (Å²) in [7, 11) is 1.86. The minimum absolute atomic E-state index is 0.0227. The number of carbonyl (C=O) groups is 2. The van der Waals surface area contributed by atoms with Crippen LogP contribution in [0.1, 0.15) is 44.9 Å². The molecule has 1 atom stereocenters. The zero-order valence-corrected chi connectivity index (χ0v) is 20.3. The average molecular weight is 489 g/mol. The Kier molecular flexibility index (Phi) is 6.45. The molecule has 1 unspecified atom stereocenters. The molecule has 36 heavy (non-hydrogen) atoms. The first-order valence-corrected chi connectivity index (χ1v) is 12.1. The molecule has 3 heterocycles. The molecule has 1 saturated heterocycles. The fourth-order valence-electron chi connectivity index (χ4n) is 5.10. The molecule has 1 aliphatic rings. The topological polar surface area (TPSA) is 107 Å². The van der Waals surface area contributed by atoms with Crippen molar-refractivity contribution in [2.75, 3.05) is 20.1 Å². The number of aryl methyl sites for hydroxylation is 1. The number of likely N-dealkylation sites (N-methyl/N-ethyl adjacent to an activating group) is 1. The maximum Gasteiger partial charge on any atom is 0.257 e. The Morgan fingerprint density at radius 2 is 1.92 bits per heavy atom. The lowest BCUT2D eigenvalue weighted by Gasteiger charge is -2.40. The minimum Gasteiger partial charge on any atom is -0.469 e. The van der Waals surface area contributed by atoms with Crippen molar-refractivity contribution in [2.24, 2.45) is 5.92 Å². The van der Waals surface area contributed by atoms with Crippen molar-refractivity contribution < 1.29 is 23.5 Å². The molecule has 5 rings (SSSR count). The van der Waals surface area contributed by atoms with Gasteiger partial charge in [-0.2, -0.15) is 0 Å². The highest BCUT2D eigenvalue weighted by Crippen LogP contribution is 2.29. The summed E-state index contributed by atoms with van der Waals surface area (Å²) in [6, 6.07) is 16.6. The number of benzene rings is 2. The Bertz CT molecular complexity index is 1370. The second-order valence-electron chi connectivity index (χ2n) is 9.33. The lowest BCUT2D eigenvalue weighted by molar-refractivity contribution is -0.782. The number of nitrogens with zero attached hydrogens (tertiary/aromatic N) is 4.